The molecule has 0 saturated heterocycles. The lowest BCUT2D eigenvalue weighted by Gasteiger charge is -1.95. The van der Waals surface area contributed by atoms with Crippen molar-refractivity contribution in [2.45, 2.75) is 6.42 Å². The molecule has 19 heavy (non-hydrogen) atoms. The molecular formula is C13H10FN3OS. The number of halogens is 1. The zero-order valence-corrected chi connectivity index (χ0v) is 10.7. The highest BCUT2D eigenvalue weighted by Crippen LogP contribution is 2.29. The Bertz CT molecular complexity index is 690. The van der Waals surface area contributed by atoms with E-state index in [1.807, 2.05) is 11.4 Å². The van der Waals surface area contributed by atoms with Crippen molar-refractivity contribution in [3.8, 4) is 11.5 Å². The van der Waals surface area contributed by atoms with Crippen LogP contribution in [0.5, 0.6) is 0 Å². The smallest absolute Gasteiger partial charge is 0.260 e. The Morgan fingerprint density at radius 1 is 1.21 bits per heavy atom. The van der Waals surface area contributed by atoms with Crippen LogP contribution in [0.15, 0.2) is 40.2 Å². The minimum Gasteiger partial charge on any atom is -0.390 e. The molecule has 0 amide bonds. The molecule has 3 rings (SSSR count). The minimum atomic E-state index is -0.261. The van der Waals surface area contributed by atoms with Crippen LogP contribution >= 0.6 is 11.3 Å². The van der Waals surface area contributed by atoms with E-state index in [1.165, 1.54) is 23.5 Å². The molecule has 0 bridgehead atoms. The van der Waals surface area contributed by atoms with Crippen molar-refractivity contribution in [1.29, 1.82) is 0 Å². The van der Waals surface area contributed by atoms with Gasteiger partial charge in [-0.05, 0) is 29.1 Å². The number of thiophene rings is 1. The van der Waals surface area contributed by atoms with Gasteiger partial charge in [0.05, 0.1) is 10.6 Å². The number of nitrogen functional groups attached to an aromatic ring is 1. The molecule has 0 radical (unpaired) electrons. The number of aromatic nitrogens is 2. The first-order valence-electron chi connectivity index (χ1n) is 5.63. The summed E-state index contributed by atoms with van der Waals surface area (Å²) in [5, 5.41) is 6.42. The quantitative estimate of drug-likeness (QED) is 0.797. The monoisotopic (exact) mass is 275 g/mol. The predicted octanol–water partition coefficient (Wildman–Crippen LogP) is 3.11. The molecule has 0 saturated carbocycles. The van der Waals surface area contributed by atoms with E-state index >= 15 is 0 Å². The van der Waals surface area contributed by atoms with E-state index in [0.29, 0.717) is 23.1 Å². The lowest BCUT2D eigenvalue weighted by atomic mass is 10.1. The lowest BCUT2D eigenvalue weighted by molar-refractivity contribution is 0.424. The first-order valence-corrected chi connectivity index (χ1v) is 6.51. The fraction of sp³-hybridized carbons (Fsp3) is 0.0769. The summed E-state index contributed by atoms with van der Waals surface area (Å²) in [7, 11) is 0. The highest BCUT2D eigenvalue weighted by atomic mass is 32.1. The van der Waals surface area contributed by atoms with Crippen LogP contribution in [0.3, 0.4) is 0 Å². The second-order valence-electron chi connectivity index (χ2n) is 4.02. The van der Waals surface area contributed by atoms with Gasteiger partial charge in [0.15, 0.2) is 5.82 Å². The zero-order chi connectivity index (χ0) is 13.2. The number of benzene rings is 1. The van der Waals surface area contributed by atoms with Crippen molar-refractivity contribution >= 4 is 16.3 Å². The van der Waals surface area contributed by atoms with Crippen LogP contribution in [-0.2, 0) is 6.42 Å². The Morgan fingerprint density at radius 3 is 2.68 bits per heavy atom. The molecule has 0 aliphatic carbocycles. The largest absolute Gasteiger partial charge is 0.390 e. The molecule has 2 N–H and O–H groups in total. The van der Waals surface area contributed by atoms with Crippen molar-refractivity contribution in [3.05, 3.63) is 52.9 Å². The van der Waals surface area contributed by atoms with Gasteiger partial charge in [0.1, 0.15) is 5.82 Å². The molecule has 3 aromatic rings. The predicted molar refractivity (Wildman–Crippen MR) is 71.2 cm³/mol. The van der Waals surface area contributed by atoms with Gasteiger partial charge >= 0.3 is 0 Å². The second kappa shape index (κ2) is 4.81. The fourth-order valence-corrected chi connectivity index (χ4v) is 2.35. The maximum atomic E-state index is 12.8. The lowest BCUT2D eigenvalue weighted by Crippen LogP contribution is -1.91. The normalized spacial score (nSPS) is 10.8. The van der Waals surface area contributed by atoms with Crippen LogP contribution < -0.4 is 5.73 Å². The van der Waals surface area contributed by atoms with Crippen LogP contribution in [-0.4, -0.2) is 10.1 Å². The van der Waals surface area contributed by atoms with Gasteiger partial charge in [-0.25, -0.2) is 4.39 Å². The molecule has 1 aromatic carbocycles. The Hall–Kier alpha value is -2.21. The van der Waals surface area contributed by atoms with Gasteiger partial charge in [-0.3, -0.25) is 0 Å². The Labute approximate surface area is 112 Å². The van der Waals surface area contributed by atoms with E-state index in [9.17, 15) is 4.39 Å². The van der Waals surface area contributed by atoms with E-state index in [4.69, 9.17) is 10.3 Å². The molecule has 0 aliphatic rings. The summed E-state index contributed by atoms with van der Waals surface area (Å²) in [5.41, 5.74) is 7.48. The summed E-state index contributed by atoms with van der Waals surface area (Å²) < 4.78 is 18.0. The molecular weight excluding hydrogens is 265 g/mol. The van der Waals surface area contributed by atoms with Gasteiger partial charge in [0.25, 0.3) is 5.89 Å². The third-order valence-electron chi connectivity index (χ3n) is 2.67. The van der Waals surface area contributed by atoms with Crippen LogP contribution in [0.2, 0.25) is 0 Å². The molecule has 96 valence electrons. The van der Waals surface area contributed by atoms with E-state index in [2.05, 4.69) is 10.1 Å². The van der Waals surface area contributed by atoms with Crippen LogP contribution in [0.1, 0.15) is 11.4 Å². The highest BCUT2D eigenvalue weighted by molar-refractivity contribution is 7.14. The van der Waals surface area contributed by atoms with Gasteiger partial charge in [0, 0.05) is 6.42 Å². The van der Waals surface area contributed by atoms with Crippen molar-refractivity contribution in [2.24, 2.45) is 0 Å². The van der Waals surface area contributed by atoms with Crippen LogP contribution in [0.4, 0.5) is 9.39 Å². The Morgan fingerprint density at radius 2 is 2.00 bits per heavy atom. The molecule has 0 spiro atoms. The van der Waals surface area contributed by atoms with Gasteiger partial charge in [0.2, 0.25) is 0 Å². The van der Waals surface area contributed by atoms with E-state index in [0.717, 1.165) is 11.1 Å². The summed E-state index contributed by atoms with van der Waals surface area (Å²) in [5.74, 6) is 0.701. The van der Waals surface area contributed by atoms with Crippen LogP contribution in [0.25, 0.3) is 11.5 Å². The molecule has 6 heteroatoms. The maximum absolute atomic E-state index is 12.8. The van der Waals surface area contributed by atoms with Crippen molar-refractivity contribution < 1.29 is 8.91 Å². The number of anilines is 1. The maximum Gasteiger partial charge on any atom is 0.260 e. The molecule has 0 fully saturated rings. The van der Waals surface area contributed by atoms with Crippen LogP contribution in [0, 0.1) is 5.82 Å². The molecule has 2 aromatic heterocycles. The third kappa shape index (κ3) is 2.48. The number of nitrogens with two attached hydrogens (primary N) is 1. The number of rotatable bonds is 3. The van der Waals surface area contributed by atoms with Crippen molar-refractivity contribution in [3.63, 3.8) is 0 Å². The SMILES string of the molecule is Nc1sccc1-c1nc(Cc2ccc(F)cc2)no1. The Kier molecular flexibility index (Phi) is 3.00. The Balaban J connectivity index is 1.82. The first-order chi connectivity index (χ1) is 9.22. The molecule has 4 nitrogen and oxygen atoms in total. The first kappa shape index (κ1) is 11.9. The minimum absolute atomic E-state index is 0.261. The van der Waals surface area contributed by atoms with Gasteiger partial charge < -0.3 is 10.3 Å². The van der Waals surface area contributed by atoms with E-state index < -0.39 is 0 Å². The average Bonchev–Trinajstić information content (AvgIpc) is 3.01. The van der Waals surface area contributed by atoms with Crippen molar-refractivity contribution in [1.82, 2.24) is 10.1 Å². The molecule has 0 unspecified atom stereocenters. The van der Waals surface area contributed by atoms with Gasteiger partial charge in [-0.2, -0.15) is 4.98 Å². The standard InChI is InChI=1S/C13H10FN3OS/c14-9-3-1-8(2-4-9)7-11-16-13(18-17-11)10-5-6-19-12(10)15/h1-6H,7,15H2. The van der Waals surface area contributed by atoms with E-state index in [1.54, 1.807) is 12.1 Å². The number of hydrogen-bond donors (Lipinski definition) is 1. The molecule has 0 atom stereocenters. The summed E-state index contributed by atoms with van der Waals surface area (Å²) in [4.78, 5) is 4.29. The number of hydrogen-bond acceptors (Lipinski definition) is 5. The summed E-state index contributed by atoms with van der Waals surface area (Å²) in [6, 6.07) is 8.06. The zero-order valence-electron chi connectivity index (χ0n) is 9.84. The third-order valence-corrected chi connectivity index (χ3v) is 3.42. The highest BCUT2D eigenvalue weighted by Gasteiger charge is 2.12. The topological polar surface area (TPSA) is 64.9 Å². The molecule has 2 heterocycles. The second-order valence-corrected chi connectivity index (χ2v) is 4.97. The van der Waals surface area contributed by atoms with E-state index in [-0.39, 0.29) is 5.82 Å². The number of nitrogens with zero attached hydrogens (tertiary/aromatic N) is 2. The summed E-state index contributed by atoms with van der Waals surface area (Å²) in [6.07, 6.45) is 0.494. The summed E-state index contributed by atoms with van der Waals surface area (Å²) >= 11 is 1.42. The fourth-order valence-electron chi connectivity index (χ4n) is 1.72. The van der Waals surface area contributed by atoms with Gasteiger partial charge in [-0.1, -0.05) is 17.3 Å². The molecule has 0 aliphatic heterocycles. The van der Waals surface area contributed by atoms with Gasteiger partial charge in [-0.15, -0.1) is 11.3 Å². The van der Waals surface area contributed by atoms with Crippen molar-refractivity contribution in [2.75, 3.05) is 5.73 Å². The summed E-state index contributed by atoms with van der Waals surface area (Å²) in [6.45, 7) is 0. The average molecular weight is 275 g/mol.